The standard InChI is InChI=1S/C50H92O14/c1-3-5-7-9-11-13-15-17-18-19-20-21-22-23-25-27-29-31-33-42(52)62-39(36-59-34-32-30-28-26-24-16-14-12-10-8-6-4-2)37-60-49-48(58)46(56)44(54)41(64-49)38-61-50-47(57)45(55)43(53)40(35-51)63-50/h10,12,18-19,39-41,43-51,53-58H,3-9,11,13-17,20-38H2,1-2H3/b12-10-,19-18-. The van der Waals surface area contributed by atoms with Gasteiger partial charge >= 0.3 is 5.97 Å². The number of unbranched alkanes of at least 4 members (excludes halogenated alkanes) is 22. The summed E-state index contributed by atoms with van der Waals surface area (Å²) in [5.41, 5.74) is 0. The molecular weight excluding hydrogens is 825 g/mol. The molecule has 0 radical (unpaired) electrons. The van der Waals surface area contributed by atoms with E-state index in [-0.39, 0.29) is 25.6 Å². The lowest BCUT2D eigenvalue weighted by Crippen LogP contribution is -2.61. The van der Waals surface area contributed by atoms with Gasteiger partial charge in [0.25, 0.3) is 0 Å². The van der Waals surface area contributed by atoms with Crippen LogP contribution in [0.4, 0.5) is 0 Å². The van der Waals surface area contributed by atoms with E-state index in [0.29, 0.717) is 13.0 Å². The summed E-state index contributed by atoms with van der Waals surface area (Å²) in [6.45, 7) is 3.64. The number of carbonyl (C=O) groups excluding carboxylic acids is 1. The van der Waals surface area contributed by atoms with Gasteiger partial charge in [-0.2, -0.15) is 0 Å². The first kappa shape index (κ1) is 58.6. The van der Waals surface area contributed by atoms with E-state index in [1.165, 1.54) is 103 Å². The monoisotopic (exact) mass is 917 g/mol. The first-order chi connectivity index (χ1) is 31.1. The summed E-state index contributed by atoms with van der Waals surface area (Å²) in [4.78, 5) is 13.0. The Bertz CT molecular complexity index is 1160. The third-order valence-electron chi connectivity index (χ3n) is 12.2. The summed E-state index contributed by atoms with van der Waals surface area (Å²) in [6, 6.07) is 0. The van der Waals surface area contributed by atoms with Crippen molar-refractivity contribution in [2.45, 2.75) is 255 Å². The first-order valence-corrected chi connectivity index (χ1v) is 25.4. The van der Waals surface area contributed by atoms with Crippen molar-refractivity contribution in [1.82, 2.24) is 0 Å². The second-order valence-electron chi connectivity index (χ2n) is 18.0. The molecule has 0 saturated carbocycles. The highest BCUT2D eigenvalue weighted by Crippen LogP contribution is 2.26. The summed E-state index contributed by atoms with van der Waals surface area (Å²) in [6.07, 6.45) is 23.8. The number of hydrogen-bond donors (Lipinski definition) is 7. The van der Waals surface area contributed by atoms with Crippen LogP contribution < -0.4 is 0 Å². The molecular formula is C50H92O14. The number of ether oxygens (including phenoxy) is 6. The molecule has 376 valence electrons. The van der Waals surface area contributed by atoms with Crippen LogP contribution in [0.5, 0.6) is 0 Å². The maximum atomic E-state index is 13.0. The first-order valence-electron chi connectivity index (χ1n) is 25.4. The topological polar surface area (TPSA) is 214 Å². The predicted molar refractivity (Wildman–Crippen MR) is 247 cm³/mol. The van der Waals surface area contributed by atoms with Crippen molar-refractivity contribution in [3.8, 4) is 0 Å². The lowest BCUT2D eigenvalue weighted by Gasteiger charge is -2.42. The Morgan fingerprint density at radius 2 is 0.938 bits per heavy atom. The Kier molecular flexibility index (Phi) is 35.2. The van der Waals surface area contributed by atoms with Crippen molar-refractivity contribution in [3.63, 3.8) is 0 Å². The molecule has 2 aliphatic rings. The van der Waals surface area contributed by atoms with Crippen LogP contribution in [0.25, 0.3) is 0 Å². The third-order valence-corrected chi connectivity index (χ3v) is 12.2. The molecule has 2 rings (SSSR count). The van der Waals surface area contributed by atoms with E-state index in [0.717, 1.165) is 57.8 Å². The Labute approximate surface area is 386 Å². The Balaban J connectivity index is 1.77. The van der Waals surface area contributed by atoms with E-state index >= 15 is 0 Å². The predicted octanol–water partition coefficient (Wildman–Crippen LogP) is 7.24. The van der Waals surface area contributed by atoms with Crippen LogP contribution in [0.15, 0.2) is 24.3 Å². The second-order valence-corrected chi connectivity index (χ2v) is 18.0. The van der Waals surface area contributed by atoms with Crippen molar-refractivity contribution >= 4 is 5.97 Å². The third kappa shape index (κ3) is 26.1. The minimum absolute atomic E-state index is 0.0576. The van der Waals surface area contributed by atoms with E-state index in [4.69, 9.17) is 28.4 Å². The maximum absolute atomic E-state index is 13.0. The average Bonchev–Trinajstić information content (AvgIpc) is 3.29. The smallest absolute Gasteiger partial charge is 0.306 e. The fourth-order valence-electron chi connectivity index (χ4n) is 7.97. The van der Waals surface area contributed by atoms with Crippen LogP contribution in [0.2, 0.25) is 0 Å². The quantitative estimate of drug-likeness (QED) is 0.0184. The molecule has 0 amide bonds. The van der Waals surface area contributed by atoms with E-state index in [1.807, 2.05) is 0 Å². The molecule has 0 aromatic rings. The number of rotatable bonds is 40. The summed E-state index contributed by atoms with van der Waals surface area (Å²) in [5.74, 6) is -0.382. The molecule has 11 unspecified atom stereocenters. The SMILES string of the molecule is CCCC/C=C\CCCCCCCCOCC(COC1OC(COC2OC(CO)C(O)C(O)C2O)C(O)C(O)C1O)OC(=O)CCCCCCCCC/C=C\CCCCCCCCC. The molecule has 2 aliphatic heterocycles. The van der Waals surface area contributed by atoms with Gasteiger partial charge in [-0.15, -0.1) is 0 Å². The van der Waals surface area contributed by atoms with Crippen LogP contribution in [0, 0.1) is 0 Å². The number of esters is 1. The van der Waals surface area contributed by atoms with Gasteiger partial charge in [0.2, 0.25) is 0 Å². The molecule has 2 fully saturated rings. The van der Waals surface area contributed by atoms with Crippen molar-refractivity contribution in [1.29, 1.82) is 0 Å². The number of aliphatic hydroxyl groups is 7. The molecule has 0 bridgehead atoms. The molecule has 14 nitrogen and oxygen atoms in total. The fourth-order valence-corrected chi connectivity index (χ4v) is 7.97. The van der Waals surface area contributed by atoms with E-state index in [1.54, 1.807) is 0 Å². The molecule has 64 heavy (non-hydrogen) atoms. The molecule has 0 aromatic heterocycles. The normalized spacial score (nSPS) is 26.9. The van der Waals surface area contributed by atoms with Gasteiger partial charge in [-0.3, -0.25) is 4.79 Å². The lowest BCUT2D eigenvalue weighted by molar-refractivity contribution is -0.332. The number of allylic oxidation sites excluding steroid dienone is 4. The van der Waals surface area contributed by atoms with Crippen molar-refractivity contribution in [3.05, 3.63) is 24.3 Å². The molecule has 14 heteroatoms. The van der Waals surface area contributed by atoms with Gasteiger partial charge in [0, 0.05) is 13.0 Å². The maximum Gasteiger partial charge on any atom is 0.306 e. The zero-order chi connectivity index (χ0) is 46.6. The highest BCUT2D eigenvalue weighted by Gasteiger charge is 2.47. The zero-order valence-corrected chi connectivity index (χ0v) is 39.8. The number of aliphatic hydroxyl groups excluding tert-OH is 7. The minimum atomic E-state index is -1.71. The molecule has 0 aliphatic carbocycles. The molecule has 2 saturated heterocycles. The van der Waals surface area contributed by atoms with Crippen LogP contribution in [0.3, 0.4) is 0 Å². The van der Waals surface area contributed by atoms with Gasteiger partial charge in [-0.05, 0) is 57.8 Å². The lowest BCUT2D eigenvalue weighted by atomic mass is 9.98. The summed E-state index contributed by atoms with van der Waals surface area (Å²) >= 11 is 0. The van der Waals surface area contributed by atoms with Gasteiger partial charge in [-0.25, -0.2) is 0 Å². The summed E-state index contributed by atoms with van der Waals surface area (Å²) < 4.78 is 34.2. The highest BCUT2D eigenvalue weighted by atomic mass is 16.7. The highest BCUT2D eigenvalue weighted by molar-refractivity contribution is 5.69. The summed E-state index contributed by atoms with van der Waals surface area (Å²) in [5, 5.41) is 72.0. The van der Waals surface area contributed by atoms with Gasteiger partial charge in [0.1, 0.15) is 54.9 Å². The van der Waals surface area contributed by atoms with Gasteiger partial charge in [-0.1, -0.05) is 147 Å². The average molecular weight is 917 g/mol. The van der Waals surface area contributed by atoms with Crippen LogP contribution in [-0.2, 0) is 33.2 Å². The van der Waals surface area contributed by atoms with Crippen LogP contribution in [-0.4, -0.2) is 142 Å². The number of hydrogen-bond acceptors (Lipinski definition) is 14. The second kappa shape index (κ2) is 38.4. The molecule has 11 atom stereocenters. The van der Waals surface area contributed by atoms with Gasteiger partial charge in [0.05, 0.1) is 26.4 Å². The largest absolute Gasteiger partial charge is 0.457 e. The Morgan fingerprint density at radius 3 is 1.47 bits per heavy atom. The fraction of sp³-hybridized carbons (Fsp3) is 0.900. The Hall–Kier alpha value is -1.53. The van der Waals surface area contributed by atoms with Crippen molar-refractivity contribution in [2.24, 2.45) is 0 Å². The summed E-state index contributed by atoms with van der Waals surface area (Å²) in [7, 11) is 0. The molecule has 7 N–H and O–H groups in total. The van der Waals surface area contributed by atoms with Crippen LogP contribution >= 0.6 is 0 Å². The number of carbonyl (C=O) groups is 1. The Morgan fingerprint density at radius 1 is 0.500 bits per heavy atom. The minimum Gasteiger partial charge on any atom is -0.457 e. The van der Waals surface area contributed by atoms with Crippen molar-refractivity contribution in [2.75, 3.05) is 33.0 Å². The van der Waals surface area contributed by atoms with E-state index in [9.17, 15) is 40.5 Å². The molecule has 0 spiro atoms. The van der Waals surface area contributed by atoms with Gasteiger partial charge in [0.15, 0.2) is 12.6 Å². The van der Waals surface area contributed by atoms with Crippen molar-refractivity contribution < 1.29 is 69.0 Å². The molecule has 2 heterocycles. The zero-order valence-electron chi connectivity index (χ0n) is 39.8. The van der Waals surface area contributed by atoms with E-state index in [2.05, 4.69) is 38.2 Å². The van der Waals surface area contributed by atoms with Gasteiger partial charge < -0.3 is 64.2 Å². The van der Waals surface area contributed by atoms with Crippen LogP contribution in [0.1, 0.15) is 187 Å². The van der Waals surface area contributed by atoms with E-state index < -0.39 is 80.7 Å². The molecule has 0 aromatic carbocycles.